The number of carbonyl (C=O) groups excluding carboxylic acids is 1. The summed E-state index contributed by atoms with van der Waals surface area (Å²) in [6, 6.07) is 16.9. The number of amides is 2. The van der Waals surface area contributed by atoms with Crippen LogP contribution in [0.4, 0.5) is 16.3 Å². The van der Waals surface area contributed by atoms with Crippen molar-refractivity contribution in [2.75, 3.05) is 36.4 Å². The quantitative estimate of drug-likeness (QED) is 0.754. The average Bonchev–Trinajstić information content (AvgIpc) is 2.76. The molecule has 1 saturated heterocycles. The van der Waals surface area contributed by atoms with E-state index in [2.05, 4.69) is 20.2 Å². The molecule has 7 heteroatoms. The minimum atomic E-state index is -0.101. The molecule has 28 heavy (non-hydrogen) atoms. The predicted octanol–water partition coefficient (Wildman–Crippen LogP) is 3.62. The van der Waals surface area contributed by atoms with E-state index < -0.39 is 0 Å². The van der Waals surface area contributed by atoms with Crippen LogP contribution >= 0.6 is 0 Å². The van der Waals surface area contributed by atoms with Crippen LogP contribution in [0.2, 0.25) is 0 Å². The number of benzene rings is 2. The lowest BCUT2D eigenvalue weighted by Crippen LogP contribution is -2.50. The predicted molar refractivity (Wildman–Crippen MR) is 108 cm³/mol. The fourth-order valence-electron chi connectivity index (χ4n) is 3.03. The molecule has 1 fully saturated rings. The highest BCUT2D eigenvalue weighted by molar-refractivity contribution is 5.89. The van der Waals surface area contributed by atoms with E-state index in [9.17, 15) is 4.79 Å². The highest BCUT2D eigenvalue weighted by Crippen LogP contribution is 2.23. The van der Waals surface area contributed by atoms with Crippen molar-refractivity contribution in [1.82, 2.24) is 14.9 Å². The van der Waals surface area contributed by atoms with Gasteiger partial charge in [0.05, 0.1) is 6.20 Å². The van der Waals surface area contributed by atoms with Gasteiger partial charge in [0.15, 0.2) is 0 Å². The first-order valence-corrected chi connectivity index (χ1v) is 9.18. The summed E-state index contributed by atoms with van der Waals surface area (Å²) in [7, 11) is 0. The molecule has 1 aliphatic heterocycles. The van der Waals surface area contributed by atoms with Gasteiger partial charge in [0.25, 0.3) is 0 Å². The molecule has 1 N–H and O–H groups in total. The SMILES string of the molecule is O=C(Nc1ccc(Oc2ccccc2)cc1)N1CCN(c2cnccn2)CC1. The zero-order chi connectivity index (χ0) is 19.2. The molecular formula is C21H21N5O2. The van der Waals surface area contributed by atoms with Crippen molar-refractivity contribution in [1.29, 1.82) is 0 Å². The number of piperazine rings is 1. The lowest BCUT2D eigenvalue weighted by atomic mass is 10.3. The van der Waals surface area contributed by atoms with Gasteiger partial charge in [-0.15, -0.1) is 0 Å². The smallest absolute Gasteiger partial charge is 0.321 e. The van der Waals surface area contributed by atoms with Crippen molar-refractivity contribution in [3.8, 4) is 11.5 Å². The molecule has 0 unspecified atom stereocenters. The van der Waals surface area contributed by atoms with Gasteiger partial charge in [-0.2, -0.15) is 0 Å². The van der Waals surface area contributed by atoms with Gasteiger partial charge in [0, 0.05) is 44.3 Å². The average molecular weight is 375 g/mol. The number of ether oxygens (including phenoxy) is 1. The number of aromatic nitrogens is 2. The maximum Gasteiger partial charge on any atom is 0.321 e. The van der Waals surface area contributed by atoms with E-state index in [4.69, 9.17) is 4.74 Å². The van der Waals surface area contributed by atoms with E-state index in [1.54, 1.807) is 23.5 Å². The molecule has 7 nitrogen and oxygen atoms in total. The van der Waals surface area contributed by atoms with Crippen LogP contribution in [-0.2, 0) is 0 Å². The van der Waals surface area contributed by atoms with Crippen LogP contribution in [-0.4, -0.2) is 47.1 Å². The molecule has 1 aliphatic rings. The molecule has 1 aromatic heterocycles. The lowest BCUT2D eigenvalue weighted by molar-refractivity contribution is 0.208. The number of para-hydroxylation sites is 1. The molecule has 2 amide bonds. The molecule has 0 aliphatic carbocycles. The first kappa shape index (κ1) is 17.8. The fourth-order valence-corrected chi connectivity index (χ4v) is 3.03. The van der Waals surface area contributed by atoms with Gasteiger partial charge >= 0.3 is 6.03 Å². The van der Waals surface area contributed by atoms with Crippen molar-refractivity contribution in [2.45, 2.75) is 0 Å². The van der Waals surface area contributed by atoms with Crippen LogP contribution in [0.3, 0.4) is 0 Å². The second-order valence-corrected chi connectivity index (χ2v) is 6.41. The number of hydrogen-bond acceptors (Lipinski definition) is 5. The summed E-state index contributed by atoms with van der Waals surface area (Å²) in [5.74, 6) is 2.35. The first-order chi connectivity index (χ1) is 13.8. The minimum absolute atomic E-state index is 0.101. The Morgan fingerprint density at radius 1 is 0.893 bits per heavy atom. The van der Waals surface area contributed by atoms with Gasteiger partial charge in [-0.05, 0) is 36.4 Å². The maximum atomic E-state index is 12.5. The summed E-state index contributed by atoms with van der Waals surface area (Å²) >= 11 is 0. The summed E-state index contributed by atoms with van der Waals surface area (Å²) < 4.78 is 5.77. The number of rotatable bonds is 4. The number of hydrogen-bond donors (Lipinski definition) is 1. The molecule has 0 radical (unpaired) electrons. The van der Waals surface area contributed by atoms with E-state index in [0.717, 1.165) is 36.1 Å². The molecule has 2 heterocycles. The number of nitrogens with zero attached hydrogens (tertiary/aromatic N) is 4. The molecule has 0 atom stereocenters. The molecule has 4 rings (SSSR count). The van der Waals surface area contributed by atoms with E-state index in [1.165, 1.54) is 0 Å². The van der Waals surface area contributed by atoms with Crippen LogP contribution in [0.25, 0.3) is 0 Å². The van der Waals surface area contributed by atoms with Crippen molar-refractivity contribution in [3.05, 3.63) is 73.2 Å². The number of urea groups is 1. The molecule has 0 saturated carbocycles. The zero-order valence-corrected chi connectivity index (χ0v) is 15.4. The van der Waals surface area contributed by atoms with Crippen molar-refractivity contribution >= 4 is 17.5 Å². The Morgan fingerprint density at radius 2 is 1.61 bits per heavy atom. The van der Waals surface area contributed by atoms with Gasteiger partial charge in [-0.3, -0.25) is 4.98 Å². The normalized spacial score (nSPS) is 13.9. The fraction of sp³-hybridized carbons (Fsp3) is 0.190. The standard InChI is InChI=1S/C21H21N5O2/c27-21(26-14-12-25(13-15-26)20-16-22-10-11-23-20)24-17-6-8-19(9-7-17)28-18-4-2-1-3-5-18/h1-11,16H,12-15H2,(H,24,27). The van der Waals surface area contributed by atoms with E-state index in [1.807, 2.05) is 54.6 Å². The van der Waals surface area contributed by atoms with Crippen LogP contribution in [0.1, 0.15) is 0 Å². The van der Waals surface area contributed by atoms with Gasteiger partial charge in [0.1, 0.15) is 17.3 Å². The van der Waals surface area contributed by atoms with Crippen molar-refractivity contribution in [3.63, 3.8) is 0 Å². The molecule has 0 spiro atoms. The van der Waals surface area contributed by atoms with Gasteiger partial charge in [-0.1, -0.05) is 18.2 Å². The maximum absolute atomic E-state index is 12.5. The summed E-state index contributed by atoms with van der Waals surface area (Å²) in [6.45, 7) is 2.74. The number of carbonyl (C=O) groups is 1. The third kappa shape index (κ3) is 4.37. The molecule has 0 bridgehead atoms. The minimum Gasteiger partial charge on any atom is -0.457 e. The Bertz CT molecular complexity index is 895. The summed E-state index contributed by atoms with van der Waals surface area (Å²) in [4.78, 5) is 24.9. The monoisotopic (exact) mass is 375 g/mol. The lowest BCUT2D eigenvalue weighted by Gasteiger charge is -2.35. The Hall–Kier alpha value is -3.61. The third-order valence-corrected chi connectivity index (χ3v) is 4.52. The van der Waals surface area contributed by atoms with Crippen LogP contribution in [0, 0.1) is 0 Å². The Kier molecular flexibility index (Phi) is 5.33. The Labute approximate surface area is 163 Å². The topological polar surface area (TPSA) is 70.6 Å². The van der Waals surface area contributed by atoms with Crippen molar-refractivity contribution in [2.24, 2.45) is 0 Å². The van der Waals surface area contributed by atoms with Crippen LogP contribution < -0.4 is 15.0 Å². The van der Waals surface area contributed by atoms with Crippen LogP contribution in [0.15, 0.2) is 73.2 Å². The highest BCUT2D eigenvalue weighted by Gasteiger charge is 2.22. The summed E-state index contributed by atoms with van der Waals surface area (Å²) in [5, 5.41) is 2.94. The second kappa shape index (κ2) is 8.39. The second-order valence-electron chi connectivity index (χ2n) is 6.41. The number of nitrogens with one attached hydrogen (secondary N) is 1. The van der Waals surface area contributed by atoms with E-state index in [0.29, 0.717) is 13.1 Å². The Morgan fingerprint density at radius 3 is 2.29 bits per heavy atom. The molecule has 2 aromatic carbocycles. The van der Waals surface area contributed by atoms with Gasteiger partial charge in [-0.25, -0.2) is 9.78 Å². The van der Waals surface area contributed by atoms with Gasteiger partial charge < -0.3 is 19.9 Å². The number of anilines is 2. The highest BCUT2D eigenvalue weighted by atomic mass is 16.5. The molecular weight excluding hydrogens is 354 g/mol. The molecule has 142 valence electrons. The Balaban J connectivity index is 1.29. The third-order valence-electron chi connectivity index (χ3n) is 4.52. The molecule has 3 aromatic rings. The summed E-state index contributed by atoms with van der Waals surface area (Å²) in [6.07, 6.45) is 5.08. The largest absolute Gasteiger partial charge is 0.457 e. The van der Waals surface area contributed by atoms with Gasteiger partial charge in [0.2, 0.25) is 0 Å². The van der Waals surface area contributed by atoms with Crippen LogP contribution in [0.5, 0.6) is 11.5 Å². The zero-order valence-electron chi connectivity index (χ0n) is 15.4. The van der Waals surface area contributed by atoms with E-state index in [-0.39, 0.29) is 6.03 Å². The summed E-state index contributed by atoms with van der Waals surface area (Å²) in [5.41, 5.74) is 0.738. The van der Waals surface area contributed by atoms with Crippen molar-refractivity contribution < 1.29 is 9.53 Å². The first-order valence-electron chi connectivity index (χ1n) is 9.18. The van der Waals surface area contributed by atoms with E-state index >= 15 is 0 Å².